The summed E-state index contributed by atoms with van der Waals surface area (Å²) in [5.74, 6) is 0.279. The van der Waals surface area contributed by atoms with Crippen molar-refractivity contribution < 1.29 is 4.79 Å². The molecule has 1 atom stereocenters. The van der Waals surface area contributed by atoms with Gasteiger partial charge in [-0.05, 0) is 65.2 Å². The van der Waals surface area contributed by atoms with Crippen molar-refractivity contribution in [3.63, 3.8) is 0 Å². The number of hydrogen-bond acceptors (Lipinski definition) is 5. The van der Waals surface area contributed by atoms with Crippen molar-refractivity contribution in [3.8, 4) is 0 Å². The summed E-state index contributed by atoms with van der Waals surface area (Å²) >= 11 is 0. The topological polar surface area (TPSA) is 61.4 Å². The zero-order chi connectivity index (χ0) is 17.6. The lowest BCUT2D eigenvalue weighted by molar-refractivity contribution is -0.127. The summed E-state index contributed by atoms with van der Waals surface area (Å²) in [6.45, 7) is 9.46. The number of nitrogens with zero attached hydrogens (tertiary/aromatic N) is 4. The highest BCUT2D eigenvalue weighted by molar-refractivity contribution is 5.78. The molecule has 0 aliphatic carbocycles. The van der Waals surface area contributed by atoms with E-state index in [4.69, 9.17) is 0 Å². The molecule has 138 valence electrons. The second kappa shape index (κ2) is 8.72. The molecule has 1 aromatic heterocycles. The number of carbonyl (C=O) groups excluding carboxylic acids is 1. The monoisotopic (exact) mass is 345 g/mol. The Balaban J connectivity index is 1.47. The molecule has 0 bridgehead atoms. The molecule has 2 fully saturated rings. The van der Waals surface area contributed by atoms with Gasteiger partial charge in [0.25, 0.3) is 0 Å². The van der Waals surface area contributed by atoms with Gasteiger partial charge in [0.05, 0.1) is 18.2 Å². The van der Waals surface area contributed by atoms with E-state index in [1.54, 1.807) is 6.20 Å². The van der Waals surface area contributed by atoms with Crippen LogP contribution in [-0.4, -0.2) is 63.9 Å². The Labute approximate surface area is 151 Å². The van der Waals surface area contributed by atoms with E-state index in [0.717, 1.165) is 31.6 Å². The summed E-state index contributed by atoms with van der Waals surface area (Å²) in [6, 6.07) is 3.13. The van der Waals surface area contributed by atoms with Crippen molar-refractivity contribution in [2.45, 2.75) is 58.2 Å². The highest BCUT2D eigenvalue weighted by Crippen LogP contribution is 2.24. The first-order chi connectivity index (χ1) is 12.1. The van der Waals surface area contributed by atoms with Crippen molar-refractivity contribution in [2.24, 2.45) is 5.92 Å². The molecule has 0 aromatic carbocycles. The lowest BCUT2D eigenvalue weighted by atomic mass is 9.93. The summed E-state index contributed by atoms with van der Waals surface area (Å²) in [7, 11) is 0. The number of likely N-dealkylation sites (tertiary alicyclic amines) is 2. The first-order valence-electron chi connectivity index (χ1n) is 9.64. The van der Waals surface area contributed by atoms with Gasteiger partial charge >= 0.3 is 0 Å². The van der Waals surface area contributed by atoms with Crippen LogP contribution in [0.25, 0.3) is 0 Å². The van der Waals surface area contributed by atoms with Crippen LogP contribution in [0.4, 0.5) is 0 Å². The molecule has 0 saturated carbocycles. The Morgan fingerprint density at radius 3 is 2.76 bits per heavy atom. The summed E-state index contributed by atoms with van der Waals surface area (Å²) in [5, 5.41) is 3.05. The molecule has 2 saturated heterocycles. The van der Waals surface area contributed by atoms with Crippen LogP contribution < -0.4 is 5.32 Å². The molecule has 0 radical (unpaired) electrons. The Morgan fingerprint density at radius 1 is 1.28 bits per heavy atom. The van der Waals surface area contributed by atoms with Gasteiger partial charge in [-0.3, -0.25) is 9.69 Å². The van der Waals surface area contributed by atoms with Gasteiger partial charge in [0.2, 0.25) is 5.91 Å². The van der Waals surface area contributed by atoms with E-state index in [1.807, 2.05) is 6.07 Å². The fourth-order valence-corrected chi connectivity index (χ4v) is 4.06. The average molecular weight is 345 g/mol. The zero-order valence-corrected chi connectivity index (χ0v) is 15.5. The van der Waals surface area contributed by atoms with Crippen LogP contribution in [0.1, 0.15) is 45.2 Å². The molecule has 2 aliphatic heterocycles. The minimum Gasteiger partial charge on any atom is -0.350 e. The predicted octanol–water partition coefficient (Wildman–Crippen LogP) is 1.68. The Kier molecular flexibility index (Phi) is 6.37. The van der Waals surface area contributed by atoms with E-state index >= 15 is 0 Å². The molecule has 0 unspecified atom stereocenters. The standard InChI is InChI=1S/C19H31N5O/c1-15(2)23-10-6-18(7-11-23)24-9-3-4-16(13-24)19(25)21-12-17-5-8-20-14-22-17/h5,8,14-16,18H,3-4,6-7,9-13H2,1-2H3,(H,21,25)/t16-/m1/s1. The molecule has 6 nitrogen and oxygen atoms in total. The Morgan fingerprint density at radius 2 is 2.08 bits per heavy atom. The number of nitrogens with one attached hydrogen (secondary N) is 1. The third-order valence-corrected chi connectivity index (χ3v) is 5.66. The van der Waals surface area contributed by atoms with E-state index in [9.17, 15) is 4.79 Å². The molecule has 3 rings (SSSR count). The third kappa shape index (κ3) is 4.98. The van der Waals surface area contributed by atoms with Crippen LogP contribution in [0, 0.1) is 5.92 Å². The van der Waals surface area contributed by atoms with E-state index in [1.165, 1.54) is 32.3 Å². The zero-order valence-electron chi connectivity index (χ0n) is 15.5. The first kappa shape index (κ1) is 18.3. The van der Waals surface area contributed by atoms with Crippen molar-refractivity contribution in [3.05, 3.63) is 24.3 Å². The van der Waals surface area contributed by atoms with Crippen LogP contribution in [-0.2, 0) is 11.3 Å². The largest absolute Gasteiger partial charge is 0.350 e. The van der Waals surface area contributed by atoms with Gasteiger partial charge in [0, 0.05) is 24.8 Å². The predicted molar refractivity (Wildman–Crippen MR) is 97.9 cm³/mol. The van der Waals surface area contributed by atoms with Crippen LogP contribution in [0.15, 0.2) is 18.6 Å². The summed E-state index contributed by atoms with van der Waals surface area (Å²) in [5.41, 5.74) is 0.858. The fraction of sp³-hybridized carbons (Fsp3) is 0.737. The molecule has 1 amide bonds. The maximum atomic E-state index is 12.6. The highest BCUT2D eigenvalue weighted by Gasteiger charge is 2.31. The van der Waals surface area contributed by atoms with Crippen molar-refractivity contribution >= 4 is 5.91 Å². The van der Waals surface area contributed by atoms with E-state index in [-0.39, 0.29) is 11.8 Å². The van der Waals surface area contributed by atoms with Gasteiger partial charge in [-0.25, -0.2) is 9.97 Å². The maximum Gasteiger partial charge on any atom is 0.224 e. The number of piperidine rings is 2. The molecular formula is C19H31N5O. The fourth-order valence-electron chi connectivity index (χ4n) is 4.06. The van der Waals surface area contributed by atoms with E-state index in [0.29, 0.717) is 18.6 Å². The van der Waals surface area contributed by atoms with Gasteiger partial charge < -0.3 is 10.2 Å². The minimum atomic E-state index is 0.110. The van der Waals surface area contributed by atoms with Crippen molar-refractivity contribution in [2.75, 3.05) is 26.2 Å². The summed E-state index contributed by atoms with van der Waals surface area (Å²) in [6.07, 6.45) is 7.81. The number of aromatic nitrogens is 2. The van der Waals surface area contributed by atoms with Crippen molar-refractivity contribution in [1.29, 1.82) is 0 Å². The normalized spacial score (nSPS) is 23.7. The molecule has 25 heavy (non-hydrogen) atoms. The lowest BCUT2D eigenvalue weighted by Crippen LogP contribution is -2.51. The van der Waals surface area contributed by atoms with E-state index in [2.05, 4.69) is 38.9 Å². The van der Waals surface area contributed by atoms with Gasteiger partial charge in [-0.15, -0.1) is 0 Å². The van der Waals surface area contributed by atoms with Gasteiger partial charge in [0.15, 0.2) is 0 Å². The van der Waals surface area contributed by atoms with Crippen LogP contribution in [0.5, 0.6) is 0 Å². The summed E-state index contributed by atoms with van der Waals surface area (Å²) in [4.78, 5) is 25.7. The maximum absolute atomic E-state index is 12.6. The Bertz CT molecular complexity index is 542. The SMILES string of the molecule is CC(C)N1CCC(N2CCC[C@@H](C(=O)NCc3ccncn3)C2)CC1. The second-order valence-electron chi connectivity index (χ2n) is 7.61. The molecule has 1 aromatic rings. The van der Waals surface area contributed by atoms with E-state index < -0.39 is 0 Å². The average Bonchev–Trinajstić information content (AvgIpc) is 2.67. The van der Waals surface area contributed by atoms with Gasteiger partial charge in [0.1, 0.15) is 6.33 Å². The van der Waals surface area contributed by atoms with Crippen molar-refractivity contribution in [1.82, 2.24) is 25.1 Å². The molecule has 2 aliphatic rings. The number of carbonyl (C=O) groups is 1. The Hall–Kier alpha value is -1.53. The minimum absolute atomic E-state index is 0.110. The molecule has 0 spiro atoms. The second-order valence-corrected chi connectivity index (χ2v) is 7.61. The number of amides is 1. The smallest absolute Gasteiger partial charge is 0.224 e. The number of hydrogen-bond donors (Lipinski definition) is 1. The van der Waals surface area contributed by atoms with Gasteiger partial charge in [-0.1, -0.05) is 0 Å². The van der Waals surface area contributed by atoms with Gasteiger partial charge in [-0.2, -0.15) is 0 Å². The van der Waals surface area contributed by atoms with Crippen LogP contribution in [0.2, 0.25) is 0 Å². The quantitative estimate of drug-likeness (QED) is 0.880. The molecule has 3 heterocycles. The number of rotatable bonds is 5. The third-order valence-electron chi connectivity index (χ3n) is 5.66. The highest BCUT2D eigenvalue weighted by atomic mass is 16.1. The summed E-state index contributed by atoms with van der Waals surface area (Å²) < 4.78 is 0. The van der Waals surface area contributed by atoms with Crippen LogP contribution >= 0.6 is 0 Å². The molecular weight excluding hydrogens is 314 g/mol. The first-order valence-corrected chi connectivity index (χ1v) is 9.64. The molecule has 1 N–H and O–H groups in total. The van der Waals surface area contributed by atoms with Crippen LogP contribution in [0.3, 0.4) is 0 Å². The molecule has 6 heteroatoms. The lowest BCUT2D eigenvalue weighted by Gasteiger charge is -2.43.